The summed E-state index contributed by atoms with van der Waals surface area (Å²) in [5, 5.41) is 16.3. The molecule has 23 heavy (non-hydrogen) atoms. The summed E-state index contributed by atoms with van der Waals surface area (Å²) in [5.74, 6) is 2.95. The Morgan fingerprint density at radius 3 is 2.57 bits per heavy atom. The normalized spacial score (nSPS) is 24.7. The Morgan fingerprint density at radius 2 is 2.00 bits per heavy atom. The van der Waals surface area contributed by atoms with Gasteiger partial charge in [0.15, 0.2) is 0 Å². The van der Waals surface area contributed by atoms with Crippen LogP contribution in [0.1, 0.15) is 66.2 Å². The summed E-state index contributed by atoms with van der Waals surface area (Å²) in [6.45, 7) is 10.6. The Bertz CT molecular complexity index is 433. The first-order valence-electron chi connectivity index (χ1n) is 9.32. The highest BCUT2D eigenvalue weighted by molar-refractivity contribution is 5.87. The zero-order valence-electron chi connectivity index (χ0n) is 15.4. The molecular formula is C19H34N4. The smallest absolute Gasteiger partial charge is 0.106 e. The van der Waals surface area contributed by atoms with E-state index in [4.69, 9.17) is 4.99 Å². The highest BCUT2D eigenvalue weighted by Crippen LogP contribution is 2.40. The van der Waals surface area contributed by atoms with Crippen molar-refractivity contribution in [1.29, 1.82) is 5.26 Å². The second kappa shape index (κ2) is 11.1. The lowest BCUT2D eigenvalue weighted by molar-refractivity contribution is 0.196. The van der Waals surface area contributed by atoms with Crippen molar-refractivity contribution in [2.75, 3.05) is 13.1 Å². The average Bonchev–Trinajstić information content (AvgIpc) is 2.52. The first-order valence-corrected chi connectivity index (χ1v) is 9.32. The molecule has 0 aromatic rings. The lowest BCUT2D eigenvalue weighted by atomic mass is 9.65. The fourth-order valence-corrected chi connectivity index (χ4v) is 2.98. The van der Waals surface area contributed by atoms with Crippen LogP contribution in [0, 0.1) is 29.1 Å². The summed E-state index contributed by atoms with van der Waals surface area (Å²) >= 11 is 0. The van der Waals surface area contributed by atoms with Crippen LogP contribution in [-0.4, -0.2) is 18.9 Å². The standard InChI is InChI=1S/C19H34N4/c1-5-8-11-21-17(10-7-3)23-19(22-12-9-6-2)18-15(4)13-16(18)14-20/h10,15-16,18,21H,5-9,11-13H2,1-4H3,(H,22,23)/b17-10-. The van der Waals surface area contributed by atoms with Crippen LogP contribution in [0.3, 0.4) is 0 Å². The van der Waals surface area contributed by atoms with Gasteiger partial charge in [-0.15, -0.1) is 0 Å². The molecule has 3 unspecified atom stereocenters. The number of nitriles is 1. The third-order valence-electron chi connectivity index (χ3n) is 4.46. The molecule has 0 radical (unpaired) electrons. The number of hydrogen-bond donors (Lipinski definition) is 2. The molecule has 0 aromatic carbocycles. The van der Waals surface area contributed by atoms with Crippen LogP contribution in [-0.2, 0) is 0 Å². The molecule has 0 aliphatic heterocycles. The second-order valence-corrected chi connectivity index (χ2v) is 6.53. The third kappa shape index (κ3) is 6.25. The number of unbranched alkanes of at least 4 members (excludes halogenated alkanes) is 2. The SMILES string of the molecule is CC/C=C(/NCCCC)NC(=NCCCC)C1C(C)CC1C#N. The van der Waals surface area contributed by atoms with E-state index in [1.165, 1.54) is 6.42 Å². The van der Waals surface area contributed by atoms with E-state index < -0.39 is 0 Å². The van der Waals surface area contributed by atoms with Crippen LogP contribution >= 0.6 is 0 Å². The van der Waals surface area contributed by atoms with Crippen molar-refractivity contribution in [2.24, 2.45) is 22.7 Å². The van der Waals surface area contributed by atoms with Crippen LogP contribution in [0.15, 0.2) is 16.9 Å². The fraction of sp³-hybridized carbons (Fsp3) is 0.789. The highest BCUT2D eigenvalue weighted by Gasteiger charge is 2.41. The van der Waals surface area contributed by atoms with Crippen molar-refractivity contribution in [3.05, 3.63) is 11.9 Å². The van der Waals surface area contributed by atoms with E-state index in [-0.39, 0.29) is 11.8 Å². The first kappa shape index (κ1) is 19.5. The minimum atomic E-state index is 0.108. The Balaban J connectivity index is 2.79. The number of amidine groups is 1. The van der Waals surface area contributed by atoms with Gasteiger partial charge in [-0.2, -0.15) is 5.26 Å². The molecule has 1 fully saturated rings. The molecule has 0 bridgehead atoms. The molecule has 0 saturated heterocycles. The van der Waals surface area contributed by atoms with Crippen LogP contribution in [0.2, 0.25) is 0 Å². The molecule has 0 spiro atoms. The van der Waals surface area contributed by atoms with Gasteiger partial charge in [-0.1, -0.05) is 40.5 Å². The van der Waals surface area contributed by atoms with Gasteiger partial charge in [0.25, 0.3) is 0 Å². The second-order valence-electron chi connectivity index (χ2n) is 6.53. The Labute approximate surface area is 142 Å². The molecule has 0 amide bonds. The summed E-state index contributed by atoms with van der Waals surface area (Å²) in [4.78, 5) is 4.81. The van der Waals surface area contributed by atoms with E-state index in [0.29, 0.717) is 5.92 Å². The van der Waals surface area contributed by atoms with Crippen LogP contribution in [0.5, 0.6) is 0 Å². The zero-order chi connectivity index (χ0) is 17.1. The van der Waals surface area contributed by atoms with Crippen molar-refractivity contribution in [2.45, 2.75) is 66.2 Å². The summed E-state index contributed by atoms with van der Waals surface area (Å²) in [7, 11) is 0. The van der Waals surface area contributed by atoms with Crippen LogP contribution < -0.4 is 10.6 Å². The number of aliphatic imine (C=N–C) groups is 1. The molecule has 0 aromatic heterocycles. The molecule has 1 rings (SSSR count). The molecule has 130 valence electrons. The summed E-state index contributed by atoms with van der Waals surface area (Å²) < 4.78 is 0. The maximum atomic E-state index is 9.34. The minimum Gasteiger partial charge on any atom is -0.372 e. The van der Waals surface area contributed by atoms with Gasteiger partial charge in [0.1, 0.15) is 5.84 Å². The van der Waals surface area contributed by atoms with Gasteiger partial charge < -0.3 is 10.6 Å². The maximum Gasteiger partial charge on any atom is 0.106 e. The van der Waals surface area contributed by atoms with E-state index >= 15 is 0 Å². The zero-order valence-corrected chi connectivity index (χ0v) is 15.4. The van der Waals surface area contributed by atoms with Crippen LogP contribution in [0.4, 0.5) is 0 Å². The molecule has 1 aliphatic carbocycles. The third-order valence-corrected chi connectivity index (χ3v) is 4.46. The number of nitrogens with one attached hydrogen (secondary N) is 2. The quantitative estimate of drug-likeness (QED) is 0.360. The van der Waals surface area contributed by atoms with E-state index in [1.54, 1.807) is 0 Å². The molecule has 1 saturated carbocycles. The van der Waals surface area contributed by atoms with Crippen molar-refractivity contribution in [1.82, 2.24) is 10.6 Å². The van der Waals surface area contributed by atoms with Crippen molar-refractivity contribution in [3.8, 4) is 6.07 Å². The molecule has 4 heteroatoms. The fourth-order valence-electron chi connectivity index (χ4n) is 2.98. The van der Waals surface area contributed by atoms with E-state index in [2.05, 4.69) is 50.5 Å². The molecule has 3 atom stereocenters. The largest absolute Gasteiger partial charge is 0.372 e. The van der Waals surface area contributed by atoms with E-state index in [1.807, 2.05) is 0 Å². The van der Waals surface area contributed by atoms with Crippen molar-refractivity contribution in [3.63, 3.8) is 0 Å². The highest BCUT2D eigenvalue weighted by atomic mass is 15.1. The number of nitrogens with zero attached hydrogens (tertiary/aromatic N) is 2. The Morgan fingerprint density at radius 1 is 1.26 bits per heavy atom. The molecule has 0 heterocycles. The number of rotatable bonds is 10. The number of hydrogen-bond acceptors (Lipinski definition) is 3. The summed E-state index contributed by atoms with van der Waals surface area (Å²) in [5.41, 5.74) is 0. The predicted octanol–water partition coefficient (Wildman–Crippen LogP) is 4.21. The van der Waals surface area contributed by atoms with Gasteiger partial charge in [0, 0.05) is 19.0 Å². The predicted molar refractivity (Wildman–Crippen MR) is 98.0 cm³/mol. The van der Waals surface area contributed by atoms with Gasteiger partial charge >= 0.3 is 0 Å². The average molecular weight is 319 g/mol. The molecular weight excluding hydrogens is 284 g/mol. The molecule has 2 N–H and O–H groups in total. The summed E-state index contributed by atoms with van der Waals surface area (Å²) in [6.07, 6.45) is 8.73. The maximum absolute atomic E-state index is 9.34. The van der Waals surface area contributed by atoms with Gasteiger partial charge in [0.2, 0.25) is 0 Å². The van der Waals surface area contributed by atoms with Crippen molar-refractivity contribution >= 4 is 5.84 Å². The minimum absolute atomic E-state index is 0.108. The van der Waals surface area contributed by atoms with Crippen LogP contribution in [0.25, 0.3) is 0 Å². The van der Waals surface area contributed by atoms with Gasteiger partial charge in [-0.05, 0) is 37.7 Å². The first-order chi connectivity index (χ1) is 11.2. The Kier molecular flexibility index (Phi) is 9.43. The lowest BCUT2D eigenvalue weighted by Crippen LogP contribution is -2.47. The topological polar surface area (TPSA) is 60.2 Å². The van der Waals surface area contributed by atoms with E-state index in [0.717, 1.165) is 56.9 Å². The van der Waals surface area contributed by atoms with Gasteiger partial charge in [0.05, 0.1) is 17.8 Å². The molecule has 1 aliphatic rings. The van der Waals surface area contributed by atoms with Gasteiger partial charge in [-0.25, -0.2) is 0 Å². The number of allylic oxidation sites excluding steroid dienone is 1. The Hall–Kier alpha value is -1.50. The lowest BCUT2D eigenvalue weighted by Gasteiger charge is -2.40. The molecule has 4 nitrogen and oxygen atoms in total. The van der Waals surface area contributed by atoms with E-state index in [9.17, 15) is 5.26 Å². The summed E-state index contributed by atoms with van der Waals surface area (Å²) in [6, 6.07) is 2.45. The monoisotopic (exact) mass is 318 g/mol. The van der Waals surface area contributed by atoms with Gasteiger partial charge in [-0.3, -0.25) is 4.99 Å². The van der Waals surface area contributed by atoms with Crippen molar-refractivity contribution < 1.29 is 0 Å².